The molecule has 0 radical (unpaired) electrons. The maximum Gasteiger partial charge on any atom is 0.161 e. The largest absolute Gasteiger partial charge is 0.504 e. The molecule has 0 bridgehead atoms. The number of nitrogens with two attached hydrogens (primary N) is 1. The fourth-order valence-corrected chi connectivity index (χ4v) is 13.9. The Morgan fingerprint density at radius 1 is 1.02 bits per heavy atom. The highest BCUT2D eigenvalue weighted by Crippen LogP contribution is 2.48. The van der Waals surface area contributed by atoms with Gasteiger partial charge in [-0.25, -0.2) is 0 Å². The van der Waals surface area contributed by atoms with Crippen LogP contribution in [0.5, 0.6) is 11.5 Å². The van der Waals surface area contributed by atoms with E-state index in [-0.39, 0.29) is 53.9 Å². The van der Waals surface area contributed by atoms with Crippen molar-refractivity contribution in [3.63, 3.8) is 0 Å². The third kappa shape index (κ3) is 11.0. The molecule has 8 rings (SSSR count). The fraction of sp³-hybridized carbons (Fsp3) is 0.640. The Bertz CT molecular complexity index is 2010. The first-order valence-corrected chi connectivity index (χ1v) is 26.2. The van der Waals surface area contributed by atoms with Gasteiger partial charge in [0.1, 0.15) is 11.9 Å². The standard InChI is InChI=1S/C50H70N4O7S2/c1-2-29-9-10-33-19-31-11-12-32-21-43(57)46(24-40(32)39(31)23-44(58)48(33)42(56)14-13-37(18-29)54-25-45(59)30-6-3-4-7-30)61-47-22-34(20-36-8-5-16-52-36)38-15-17-53-50(51)41(38)28-63-62-27-35(26-55)49(47)60/h5,8,15-16,19,21,24,29-30,33-35,37,39,42,44-45,47-49,52-60H,2-4,6-7,11-14,17-18,20,22-23,25-28,51H2,1H3/t29-,33-,34-,35-,37+,39+,42-,44+,45-,47+,48+,49+/m0/s1. The number of aromatic nitrogens is 1. The van der Waals surface area contributed by atoms with E-state index < -0.39 is 36.3 Å². The van der Waals surface area contributed by atoms with Crippen molar-refractivity contribution in [3.8, 4) is 23.3 Å². The lowest BCUT2D eigenvalue weighted by Crippen LogP contribution is -2.42. The van der Waals surface area contributed by atoms with Crippen LogP contribution in [-0.2, 0) is 12.8 Å². The second-order valence-corrected chi connectivity index (χ2v) is 21.6. The van der Waals surface area contributed by atoms with Crippen LogP contribution in [0.4, 0.5) is 0 Å². The van der Waals surface area contributed by atoms with E-state index in [1.165, 1.54) is 18.4 Å². The first-order valence-electron chi connectivity index (χ1n) is 23.7. The summed E-state index contributed by atoms with van der Waals surface area (Å²) in [7, 11) is 3.26. The maximum atomic E-state index is 12.2. The van der Waals surface area contributed by atoms with E-state index in [0.29, 0.717) is 68.4 Å². The fourth-order valence-electron chi connectivity index (χ4n) is 11.4. The predicted molar refractivity (Wildman–Crippen MR) is 252 cm³/mol. The Hall–Kier alpha value is -3.06. The number of hydrogen-bond donors (Lipinski definition) is 10. The Morgan fingerprint density at radius 2 is 1.86 bits per heavy atom. The summed E-state index contributed by atoms with van der Waals surface area (Å²) in [4.78, 5) is 3.36. The molecule has 13 heteroatoms. The molecule has 1 aromatic heterocycles. The number of nitrogens with one attached hydrogen (secondary N) is 3. The van der Waals surface area contributed by atoms with E-state index in [1.54, 1.807) is 27.7 Å². The zero-order valence-corrected chi connectivity index (χ0v) is 38.4. The van der Waals surface area contributed by atoms with E-state index >= 15 is 0 Å². The van der Waals surface area contributed by atoms with Crippen molar-refractivity contribution in [2.24, 2.45) is 41.2 Å². The van der Waals surface area contributed by atoms with Crippen molar-refractivity contribution in [1.82, 2.24) is 15.6 Å². The molecule has 6 aliphatic rings. The number of aryl methyl sites for hydroxylation is 1. The smallest absolute Gasteiger partial charge is 0.161 e. The molecule has 0 unspecified atom stereocenters. The summed E-state index contributed by atoms with van der Waals surface area (Å²) >= 11 is 0. The number of hydrogen-bond acceptors (Lipinski definition) is 12. The molecular weight excluding hydrogens is 833 g/mol. The van der Waals surface area contributed by atoms with Crippen LogP contribution in [0.2, 0.25) is 0 Å². The molecule has 0 amide bonds. The predicted octanol–water partition coefficient (Wildman–Crippen LogP) is 5.82. The monoisotopic (exact) mass is 902 g/mol. The van der Waals surface area contributed by atoms with Crippen molar-refractivity contribution >= 4 is 21.6 Å². The van der Waals surface area contributed by atoms with Gasteiger partial charge in [-0.2, -0.15) is 0 Å². The highest BCUT2D eigenvalue weighted by molar-refractivity contribution is 8.76. The number of ether oxygens (including phenoxy) is 1. The second kappa shape index (κ2) is 21.5. The van der Waals surface area contributed by atoms with Gasteiger partial charge in [-0.3, -0.25) is 0 Å². The average Bonchev–Trinajstić information content (AvgIpc) is 3.99. The van der Waals surface area contributed by atoms with E-state index in [4.69, 9.17) is 10.5 Å². The third-order valence-corrected chi connectivity index (χ3v) is 17.5. The SMILES string of the molecule is CC[C@H]1C#C[C@H]2C=C3CCc4cc(O)c(O[C@@H]5C[C@H](Cc6ccc[nH]6)C6=CCNC(N)=C6CSSC[C@H](CO)[C@H]5O)cc4[C@@H]3C[C@@H](O)[C@H]2[C@@H](O)CC[C@@H](NC[C@H](O)C2CCCC2)C1. The van der Waals surface area contributed by atoms with Gasteiger partial charge < -0.3 is 56.7 Å². The number of aliphatic hydroxyl groups excluding tert-OH is 5. The molecule has 2 fully saturated rings. The molecule has 2 aromatic rings. The van der Waals surface area contributed by atoms with Gasteiger partial charge in [0.15, 0.2) is 11.5 Å². The molecule has 0 spiro atoms. The number of benzene rings is 1. The summed E-state index contributed by atoms with van der Waals surface area (Å²) in [6.07, 6.45) is 13.1. The molecule has 11 N–H and O–H groups in total. The molecule has 2 aliphatic heterocycles. The van der Waals surface area contributed by atoms with E-state index in [9.17, 15) is 30.6 Å². The van der Waals surface area contributed by atoms with Crippen LogP contribution in [-0.4, -0.2) is 103 Å². The number of allylic oxidation sites excluding steroid dienone is 3. The number of aromatic amines is 1. The van der Waals surface area contributed by atoms with E-state index in [0.717, 1.165) is 66.5 Å². The lowest BCUT2D eigenvalue weighted by Gasteiger charge is -2.35. The van der Waals surface area contributed by atoms with E-state index in [1.807, 2.05) is 18.3 Å². The van der Waals surface area contributed by atoms with E-state index in [2.05, 4.69) is 52.6 Å². The molecule has 344 valence electrons. The summed E-state index contributed by atoms with van der Waals surface area (Å²) < 4.78 is 6.84. The number of phenols is 1. The number of aliphatic hydroxyl groups is 5. The van der Waals surface area contributed by atoms with Crippen LogP contribution < -0.4 is 21.1 Å². The Kier molecular flexibility index (Phi) is 15.9. The number of dihydropyridines is 1. The van der Waals surface area contributed by atoms with Crippen LogP contribution in [0, 0.1) is 47.3 Å². The molecule has 4 aliphatic carbocycles. The summed E-state index contributed by atoms with van der Waals surface area (Å²) in [5.74, 6) is 8.28. The van der Waals surface area contributed by atoms with Crippen LogP contribution in [0.1, 0.15) is 100 Å². The van der Waals surface area contributed by atoms with Gasteiger partial charge in [-0.1, -0.05) is 70.9 Å². The number of rotatable bonds is 10. The van der Waals surface area contributed by atoms with Gasteiger partial charge >= 0.3 is 0 Å². The number of aromatic hydroxyl groups is 1. The lowest BCUT2D eigenvalue weighted by molar-refractivity contribution is -0.0214. The molecular formula is C50H70N4O7S2. The van der Waals surface area contributed by atoms with Gasteiger partial charge in [-0.15, -0.1) is 0 Å². The molecule has 1 aromatic carbocycles. The lowest BCUT2D eigenvalue weighted by atomic mass is 9.76. The first-order chi connectivity index (χ1) is 30.6. The third-order valence-electron chi connectivity index (χ3n) is 15.1. The van der Waals surface area contributed by atoms with Crippen LogP contribution in [0.15, 0.2) is 65.2 Å². The molecule has 3 heterocycles. The minimum Gasteiger partial charge on any atom is -0.504 e. The first kappa shape index (κ1) is 46.5. The van der Waals surface area contributed by atoms with Crippen LogP contribution in [0.25, 0.3) is 0 Å². The maximum absolute atomic E-state index is 12.2. The van der Waals surface area contributed by atoms with Gasteiger partial charge in [0, 0.05) is 84.3 Å². The summed E-state index contributed by atoms with van der Waals surface area (Å²) in [6, 6.07) is 7.85. The Morgan fingerprint density at radius 3 is 2.63 bits per heavy atom. The average molecular weight is 903 g/mol. The normalized spacial score (nSPS) is 33.6. The van der Waals surface area contributed by atoms with Crippen molar-refractivity contribution < 1.29 is 35.4 Å². The number of fused-ring (bicyclic) bond motifs is 5. The summed E-state index contributed by atoms with van der Waals surface area (Å²) in [5.41, 5.74) is 13.0. The topological polar surface area (TPSA) is 196 Å². The zero-order chi connectivity index (χ0) is 44.0. The van der Waals surface area contributed by atoms with Crippen molar-refractivity contribution in [3.05, 3.63) is 82.0 Å². The Balaban J connectivity index is 1.07. The van der Waals surface area contributed by atoms with Gasteiger partial charge in [0.2, 0.25) is 0 Å². The zero-order valence-electron chi connectivity index (χ0n) is 36.8. The number of phenolic OH excluding ortho intramolecular Hbond substituents is 1. The molecule has 1 saturated carbocycles. The van der Waals surface area contributed by atoms with Gasteiger partial charge in [-0.05, 0) is 123 Å². The summed E-state index contributed by atoms with van der Waals surface area (Å²) in [5, 5.41) is 76.3. The molecule has 12 atom stereocenters. The van der Waals surface area contributed by atoms with Crippen molar-refractivity contribution in [2.45, 2.75) is 133 Å². The molecule has 63 heavy (non-hydrogen) atoms. The minimum atomic E-state index is -1.03. The van der Waals surface area contributed by atoms with Crippen molar-refractivity contribution in [2.75, 3.05) is 31.2 Å². The minimum absolute atomic E-state index is 0.00543. The van der Waals surface area contributed by atoms with Crippen LogP contribution >= 0.6 is 21.6 Å². The second-order valence-electron chi connectivity index (χ2n) is 19.1. The Labute approximate surface area is 381 Å². The van der Waals surface area contributed by atoms with Crippen molar-refractivity contribution in [1.29, 1.82) is 0 Å². The number of H-pyrrole nitrogens is 1. The highest BCUT2D eigenvalue weighted by Gasteiger charge is 2.42. The summed E-state index contributed by atoms with van der Waals surface area (Å²) in [6.45, 7) is 3.10. The van der Waals surface area contributed by atoms with Gasteiger partial charge in [0.25, 0.3) is 0 Å². The quantitative estimate of drug-likeness (QED) is 0.0782. The highest BCUT2D eigenvalue weighted by atomic mass is 33.1. The van der Waals surface area contributed by atoms with Crippen LogP contribution in [0.3, 0.4) is 0 Å². The van der Waals surface area contributed by atoms with Gasteiger partial charge in [0.05, 0.1) is 24.4 Å². The molecule has 11 nitrogen and oxygen atoms in total. The molecule has 1 saturated heterocycles.